The molecule has 2 aromatic rings. The largest absolute Gasteiger partial charge is 0.342 e. The molecule has 21 heavy (non-hydrogen) atoms. The van der Waals surface area contributed by atoms with E-state index in [-0.39, 0.29) is 16.7 Å². The van der Waals surface area contributed by atoms with E-state index in [1.54, 1.807) is 18.2 Å². The summed E-state index contributed by atoms with van der Waals surface area (Å²) in [6.07, 6.45) is 0. The highest BCUT2D eigenvalue weighted by molar-refractivity contribution is 7.99. The van der Waals surface area contributed by atoms with Gasteiger partial charge in [0.1, 0.15) is 0 Å². The minimum atomic E-state index is -0.692. The van der Waals surface area contributed by atoms with Crippen LogP contribution >= 0.6 is 23.4 Å². The quantitative estimate of drug-likeness (QED) is 0.730. The third kappa shape index (κ3) is 4.20. The Labute approximate surface area is 128 Å². The number of halogens is 1. The molecule has 0 aliphatic heterocycles. The fourth-order valence-electron chi connectivity index (χ4n) is 1.44. The first-order valence-electron chi connectivity index (χ1n) is 5.83. The topological polar surface area (TPSA) is 108 Å². The molecule has 1 aromatic heterocycles. The Morgan fingerprint density at radius 1 is 1.43 bits per heavy atom. The first kappa shape index (κ1) is 15.3. The highest BCUT2D eigenvalue weighted by Gasteiger charge is 2.08. The van der Waals surface area contributed by atoms with Gasteiger partial charge in [-0.1, -0.05) is 29.4 Å². The number of anilines is 1. The van der Waals surface area contributed by atoms with Crippen molar-refractivity contribution in [1.29, 1.82) is 0 Å². The maximum absolute atomic E-state index is 11.8. The average Bonchev–Trinajstić information content (AvgIpc) is 2.42. The smallest absolute Gasteiger partial charge is 0.325 e. The van der Waals surface area contributed by atoms with Crippen LogP contribution in [0.1, 0.15) is 5.56 Å². The fraction of sp³-hybridized carbons (Fsp3) is 0.167. The van der Waals surface area contributed by atoms with Crippen molar-refractivity contribution >= 4 is 35.0 Å². The van der Waals surface area contributed by atoms with Crippen LogP contribution < -0.4 is 16.6 Å². The molecule has 110 valence electrons. The molecule has 0 bridgehead atoms. The minimum Gasteiger partial charge on any atom is -0.325 e. The molecular formula is C12H11ClN4O3S. The van der Waals surface area contributed by atoms with E-state index in [4.69, 9.17) is 11.6 Å². The molecule has 0 atom stereocenters. The molecule has 7 nitrogen and oxygen atoms in total. The number of hydrogen-bond acceptors (Lipinski definition) is 5. The number of rotatable bonds is 4. The SMILES string of the molecule is Cc1ccc(NC(=O)CSc2n[nH]c(=O)[nH]c2=O)cc1Cl. The van der Waals surface area contributed by atoms with Crippen molar-refractivity contribution < 1.29 is 4.79 Å². The summed E-state index contributed by atoms with van der Waals surface area (Å²) in [6.45, 7) is 1.86. The number of benzene rings is 1. The molecule has 9 heteroatoms. The summed E-state index contributed by atoms with van der Waals surface area (Å²) in [4.78, 5) is 36.0. The third-order valence-electron chi connectivity index (χ3n) is 2.48. The van der Waals surface area contributed by atoms with Crippen LogP contribution in [0, 0.1) is 6.92 Å². The molecule has 0 radical (unpaired) electrons. The number of H-pyrrole nitrogens is 2. The zero-order valence-corrected chi connectivity index (χ0v) is 12.5. The molecule has 0 spiro atoms. The number of nitrogens with zero attached hydrogens (tertiary/aromatic N) is 1. The van der Waals surface area contributed by atoms with E-state index >= 15 is 0 Å². The Hall–Kier alpha value is -2.06. The van der Waals surface area contributed by atoms with E-state index in [0.717, 1.165) is 17.3 Å². The zero-order chi connectivity index (χ0) is 15.4. The van der Waals surface area contributed by atoms with E-state index in [9.17, 15) is 14.4 Å². The van der Waals surface area contributed by atoms with Gasteiger partial charge in [0.2, 0.25) is 5.91 Å². The predicted molar refractivity (Wildman–Crippen MR) is 81.0 cm³/mol. The number of thioether (sulfide) groups is 1. The van der Waals surface area contributed by atoms with E-state index in [1.165, 1.54) is 0 Å². The lowest BCUT2D eigenvalue weighted by atomic mass is 10.2. The van der Waals surface area contributed by atoms with E-state index < -0.39 is 11.2 Å². The molecule has 3 N–H and O–H groups in total. The van der Waals surface area contributed by atoms with Gasteiger partial charge in [0.15, 0.2) is 5.03 Å². The van der Waals surface area contributed by atoms with Crippen molar-refractivity contribution in [1.82, 2.24) is 15.2 Å². The van der Waals surface area contributed by atoms with E-state index in [1.807, 2.05) is 11.9 Å². The Morgan fingerprint density at radius 3 is 2.86 bits per heavy atom. The van der Waals surface area contributed by atoms with Crippen LogP contribution in [-0.4, -0.2) is 26.8 Å². The first-order chi connectivity index (χ1) is 9.95. The first-order valence-corrected chi connectivity index (χ1v) is 7.20. The van der Waals surface area contributed by atoms with Crippen molar-refractivity contribution in [3.05, 3.63) is 49.6 Å². The maximum Gasteiger partial charge on any atom is 0.342 e. The van der Waals surface area contributed by atoms with E-state index in [2.05, 4.69) is 15.5 Å². The molecule has 0 aliphatic rings. The molecule has 0 unspecified atom stereocenters. The third-order valence-corrected chi connectivity index (χ3v) is 3.84. The highest BCUT2D eigenvalue weighted by Crippen LogP contribution is 2.20. The van der Waals surface area contributed by atoms with Crippen LogP contribution in [0.5, 0.6) is 0 Å². The summed E-state index contributed by atoms with van der Waals surface area (Å²) in [5.74, 6) is -0.333. The van der Waals surface area contributed by atoms with Crippen molar-refractivity contribution in [2.45, 2.75) is 11.9 Å². The normalized spacial score (nSPS) is 10.4. The number of carbonyl (C=O) groups is 1. The number of amides is 1. The second-order valence-electron chi connectivity index (χ2n) is 4.11. The molecular weight excluding hydrogens is 316 g/mol. The van der Waals surface area contributed by atoms with Gasteiger partial charge >= 0.3 is 5.69 Å². The summed E-state index contributed by atoms with van der Waals surface area (Å²) in [5.41, 5.74) is 0.158. The Bertz CT molecular complexity index is 787. The number of carbonyl (C=O) groups excluding carboxylic acids is 1. The predicted octanol–water partition coefficient (Wildman–Crippen LogP) is 1.15. The van der Waals surface area contributed by atoms with Gasteiger partial charge in [-0.15, -0.1) is 0 Å². The van der Waals surface area contributed by atoms with Gasteiger partial charge in [-0.25, -0.2) is 9.89 Å². The van der Waals surface area contributed by atoms with E-state index in [0.29, 0.717) is 10.7 Å². The van der Waals surface area contributed by atoms with Gasteiger partial charge < -0.3 is 5.32 Å². The maximum atomic E-state index is 11.8. The summed E-state index contributed by atoms with van der Waals surface area (Å²) in [5, 5.41) is 8.89. The lowest BCUT2D eigenvalue weighted by molar-refractivity contribution is -0.113. The van der Waals surface area contributed by atoms with Crippen molar-refractivity contribution in [3.8, 4) is 0 Å². The van der Waals surface area contributed by atoms with Gasteiger partial charge in [0, 0.05) is 10.7 Å². The lowest BCUT2D eigenvalue weighted by Gasteiger charge is -2.06. The van der Waals surface area contributed by atoms with Gasteiger partial charge in [-0.2, -0.15) is 5.10 Å². The Morgan fingerprint density at radius 2 is 2.19 bits per heavy atom. The van der Waals surface area contributed by atoms with Crippen molar-refractivity contribution in [3.63, 3.8) is 0 Å². The zero-order valence-electron chi connectivity index (χ0n) is 10.9. The van der Waals surface area contributed by atoms with Gasteiger partial charge in [-0.3, -0.25) is 14.6 Å². The van der Waals surface area contributed by atoms with Crippen LogP contribution in [0.25, 0.3) is 0 Å². The molecule has 1 aromatic carbocycles. The summed E-state index contributed by atoms with van der Waals surface area (Å²) in [6, 6.07) is 5.17. The second-order valence-corrected chi connectivity index (χ2v) is 5.48. The summed E-state index contributed by atoms with van der Waals surface area (Å²) < 4.78 is 0. The van der Waals surface area contributed by atoms with Crippen LogP contribution in [0.4, 0.5) is 5.69 Å². The monoisotopic (exact) mass is 326 g/mol. The van der Waals surface area contributed by atoms with Crippen molar-refractivity contribution in [2.75, 3.05) is 11.1 Å². The molecule has 0 fully saturated rings. The molecule has 2 rings (SSSR count). The molecule has 1 heterocycles. The number of aryl methyl sites for hydroxylation is 1. The summed E-state index contributed by atoms with van der Waals surface area (Å²) >= 11 is 6.88. The molecule has 0 saturated carbocycles. The van der Waals surface area contributed by atoms with Crippen LogP contribution in [0.2, 0.25) is 5.02 Å². The second kappa shape index (κ2) is 6.59. The average molecular weight is 327 g/mol. The summed E-state index contributed by atoms with van der Waals surface area (Å²) in [7, 11) is 0. The molecule has 1 amide bonds. The highest BCUT2D eigenvalue weighted by atomic mass is 35.5. The fourth-order valence-corrected chi connectivity index (χ4v) is 2.25. The minimum absolute atomic E-state index is 0.0201. The van der Waals surface area contributed by atoms with Crippen LogP contribution in [-0.2, 0) is 4.79 Å². The van der Waals surface area contributed by atoms with Gasteiger partial charge in [0.05, 0.1) is 5.75 Å². The van der Waals surface area contributed by atoms with Gasteiger partial charge in [0.25, 0.3) is 5.56 Å². The number of hydrogen-bond donors (Lipinski definition) is 3. The van der Waals surface area contributed by atoms with Crippen LogP contribution in [0.15, 0.2) is 32.8 Å². The Balaban J connectivity index is 1.97. The number of aromatic nitrogens is 3. The number of aromatic amines is 2. The van der Waals surface area contributed by atoms with Crippen LogP contribution in [0.3, 0.4) is 0 Å². The van der Waals surface area contributed by atoms with Gasteiger partial charge in [-0.05, 0) is 24.6 Å². The standard InChI is InChI=1S/C12H11ClN4O3S/c1-6-2-3-7(4-8(6)13)14-9(18)5-21-11-10(19)15-12(20)17-16-11/h2-4H,5H2,1H3,(H,14,18)(H2,15,17,19,20). The van der Waals surface area contributed by atoms with Crippen molar-refractivity contribution in [2.24, 2.45) is 0 Å². The lowest BCUT2D eigenvalue weighted by Crippen LogP contribution is -2.25. The molecule has 0 aliphatic carbocycles. The number of nitrogens with one attached hydrogen (secondary N) is 3. The molecule has 0 saturated heterocycles. The Kier molecular flexibility index (Phi) is 4.81.